The van der Waals surface area contributed by atoms with E-state index in [9.17, 15) is 19.2 Å². The van der Waals surface area contributed by atoms with Gasteiger partial charge in [-0.3, -0.25) is 29.6 Å². The molecular weight excluding hydrogens is 526 g/mol. The Kier molecular flexibility index (Phi) is 12.3. The van der Waals surface area contributed by atoms with Crippen LogP contribution >= 0.6 is 0 Å². The third kappa shape index (κ3) is 10.6. The molecule has 11 N–H and O–H groups in total. The Labute approximate surface area is 239 Å². The fourth-order valence-corrected chi connectivity index (χ4v) is 4.05. The molecule has 2 unspecified atom stereocenters. The van der Waals surface area contributed by atoms with E-state index in [1.165, 1.54) is 19.0 Å². The average molecular weight is 566 g/mol. The quantitative estimate of drug-likeness (QED) is 0.0613. The molecule has 0 saturated carbocycles. The highest BCUT2D eigenvalue weighted by molar-refractivity contribution is 6.02. The summed E-state index contributed by atoms with van der Waals surface area (Å²) < 4.78 is 0. The number of nitrogen functional groups attached to an aromatic ring is 1. The molecule has 220 valence electrons. The molecule has 41 heavy (non-hydrogen) atoms. The van der Waals surface area contributed by atoms with E-state index in [4.69, 9.17) is 28.3 Å². The molecule has 0 saturated heterocycles. The van der Waals surface area contributed by atoms with Gasteiger partial charge in [-0.1, -0.05) is 54.6 Å². The zero-order valence-electron chi connectivity index (χ0n) is 23.3. The van der Waals surface area contributed by atoms with Crippen LogP contribution in [0.5, 0.6) is 0 Å². The van der Waals surface area contributed by atoms with Gasteiger partial charge >= 0.3 is 0 Å². The van der Waals surface area contributed by atoms with Crippen molar-refractivity contribution in [2.24, 2.45) is 33.8 Å². The topological polar surface area (TPSA) is 236 Å². The maximum Gasteiger partial charge on any atom is 0.243 e. The van der Waals surface area contributed by atoms with E-state index < -0.39 is 41.6 Å². The van der Waals surface area contributed by atoms with Crippen LogP contribution in [0.15, 0.2) is 59.6 Å². The Hall–Kier alpha value is -4.94. The molecule has 2 aromatic rings. The minimum absolute atomic E-state index is 0.0510. The van der Waals surface area contributed by atoms with Gasteiger partial charge in [-0.05, 0) is 30.4 Å². The van der Waals surface area contributed by atoms with Crippen molar-refractivity contribution >= 4 is 35.4 Å². The van der Waals surface area contributed by atoms with Gasteiger partial charge in [0.25, 0.3) is 0 Å². The van der Waals surface area contributed by atoms with Crippen LogP contribution in [0.3, 0.4) is 0 Å². The molecule has 2 rings (SSSR count). The largest absolute Gasteiger partial charge is 0.384 e. The van der Waals surface area contributed by atoms with Crippen LogP contribution in [0.4, 0.5) is 0 Å². The Morgan fingerprint density at radius 1 is 0.829 bits per heavy atom. The minimum atomic E-state index is -1.15. The second kappa shape index (κ2) is 15.6. The van der Waals surface area contributed by atoms with E-state index in [1.807, 2.05) is 6.07 Å². The van der Waals surface area contributed by atoms with Crippen LogP contribution in [0.2, 0.25) is 0 Å². The summed E-state index contributed by atoms with van der Waals surface area (Å²) in [4.78, 5) is 57.2. The van der Waals surface area contributed by atoms with Crippen molar-refractivity contribution in [1.29, 1.82) is 5.41 Å². The lowest BCUT2D eigenvalue weighted by Gasteiger charge is -2.25. The molecule has 0 heterocycles. The third-order valence-corrected chi connectivity index (χ3v) is 6.28. The molecule has 0 aliphatic rings. The SMILES string of the molecule is CN(C)C(=O)C(Cc1ccc(C(=N)N)cc1)C(=O)NC(Cc1ccccc1)C(=O)N[C@@H](CCCN=C(N)N)C(N)=O. The maximum absolute atomic E-state index is 13.5. The summed E-state index contributed by atoms with van der Waals surface area (Å²) in [6, 6.07) is 13.5. The number of amides is 4. The summed E-state index contributed by atoms with van der Waals surface area (Å²) in [6.07, 6.45) is 0.717. The van der Waals surface area contributed by atoms with Crippen LogP contribution in [-0.2, 0) is 32.0 Å². The van der Waals surface area contributed by atoms with E-state index in [1.54, 1.807) is 48.5 Å². The lowest BCUT2D eigenvalue weighted by atomic mass is 9.95. The van der Waals surface area contributed by atoms with Crippen molar-refractivity contribution < 1.29 is 19.2 Å². The van der Waals surface area contributed by atoms with Crippen LogP contribution in [0, 0.1) is 11.3 Å². The number of rotatable bonds is 15. The van der Waals surface area contributed by atoms with Crippen molar-refractivity contribution in [1.82, 2.24) is 15.5 Å². The highest BCUT2D eigenvalue weighted by atomic mass is 16.2. The Morgan fingerprint density at radius 2 is 1.41 bits per heavy atom. The molecule has 4 amide bonds. The van der Waals surface area contributed by atoms with Gasteiger partial charge in [0.1, 0.15) is 23.8 Å². The van der Waals surface area contributed by atoms with Gasteiger partial charge in [-0.25, -0.2) is 0 Å². The van der Waals surface area contributed by atoms with Gasteiger partial charge in [0.15, 0.2) is 5.96 Å². The van der Waals surface area contributed by atoms with Gasteiger partial charge in [0.2, 0.25) is 23.6 Å². The van der Waals surface area contributed by atoms with Gasteiger partial charge in [0, 0.05) is 32.6 Å². The first kappa shape index (κ1) is 32.3. The van der Waals surface area contributed by atoms with Crippen molar-refractivity contribution in [3.8, 4) is 0 Å². The molecule has 0 aliphatic carbocycles. The van der Waals surface area contributed by atoms with E-state index in [-0.39, 0.29) is 37.6 Å². The number of nitrogens with two attached hydrogens (primary N) is 4. The number of carbonyl (C=O) groups is 4. The smallest absolute Gasteiger partial charge is 0.243 e. The zero-order valence-corrected chi connectivity index (χ0v) is 23.3. The number of nitrogens with zero attached hydrogens (tertiary/aromatic N) is 2. The third-order valence-electron chi connectivity index (χ3n) is 6.28. The second-order valence-corrected chi connectivity index (χ2v) is 9.76. The number of hydrogen-bond acceptors (Lipinski definition) is 6. The summed E-state index contributed by atoms with van der Waals surface area (Å²) in [7, 11) is 3.07. The predicted octanol–water partition coefficient (Wildman–Crippen LogP) is -1.03. The van der Waals surface area contributed by atoms with Gasteiger partial charge in [-0.2, -0.15) is 0 Å². The molecule has 0 bridgehead atoms. The summed E-state index contributed by atoms with van der Waals surface area (Å²) >= 11 is 0. The molecule has 0 radical (unpaired) electrons. The molecular formula is C28H39N9O4. The van der Waals surface area contributed by atoms with E-state index in [0.717, 1.165) is 5.56 Å². The number of carbonyl (C=O) groups excluding carboxylic acids is 4. The molecule has 13 nitrogen and oxygen atoms in total. The highest BCUT2D eigenvalue weighted by Crippen LogP contribution is 2.15. The number of aliphatic imine (C=N–C) groups is 1. The average Bonchev–Trinajstić information content (AvgIpc) is 2.92. The fraction of sp³-hybridized carbons (Fsp3) is 0.357. The van der Waals surface area contributed by atoms with E-state index in [0.29, 0.717) is 17.5 Å². The summed E-state index contributed by atoms with van der Waals surface area (Å²) in [6.45, 7) is 0.244. The summed E-state index contributed by atoms with van der Waals surface area (Å²) in [5.41, 5.74) is 23.6. The first-order valence-corrected chi connectivity index (χ1v) is 13.0. The van der Waals surface area contributed by atoms with E-state index in [2.05, 4.69) is 15.6 Å². The number of guanidine groups is 1. The fourth-order valence-electron chi connectivity index (χ4n) is 4.05. The van der Waals surface area contributed by atoms with Crippen molar-refractivity contribution in [2.45, 2.75) is 37.8 Å². The zero-order chi connectivity index (χ0) is 30.5. The van der Waals surface area contributed by atoms with Crippen molar-refractivity contribution in [3.05, 3.63) is 71.3 Å². The van der Waals surface area contributed by atoms with Crippen LogP contribution in [0.25, 0.3) is 0 Å². The predicted molar refractivity (Wildman–Crippen MR) is 156 cm³/mol. The molecule has 0 aromatic heterocycles. The number of amidine groups is 1. The first-order chi connectivity index (χ1) is 19.4. The lowest BCUT2D eigenvalue weighted by Crippen LogP contribution is -2.55. The van der Waals surface area contributed by atoms with E-state index >= 15 is 0 Å². The van der Waals surface area contributed by atoms with Crippen LogP contribution < -0.4 is 33.6 Å². The molecule has 0 spiro atoms. The number of primary amides is 1. The molecule has 3 atom stereocenters. The van der Waals surface area contributed by atoms with Gasteiger partial charge in [-0.15, -0.1) is 0 Å². The number of benzene rings is 2. The number of hydrogen-bond donors (Lipinski definition) is 7. The second-order valence-electron chi connectivity index (χ2n) is 9.76. The van der Waals surface area contributed by atoms with Crippen molar-refractivity contribution in [3.63, 3.8) is 0 Å². The first-order valence-electron chi connectivity index (χ1n) is 13.0. The molecule has 0 aliphatic heterocycles. The Bertz CT molecular complexity index is 1240. The lowest BCUT2D eigenvalue weighted by molar-refractivity contribution is -0.142. The standard InChI is InChI=1S/C28H39N9O4/c1-37(2)27(41)20(15-18-10-12-19(13-11-18)23(29)30)25(39)36-22(16-17-7-4-3-5-8-17)26(40)35-21(24(31)38)9-6-14-34-28(32)33/h3-5,7-8,10-13,20-22H,6,9,14-16H2,1-2H3,(H3,29,30)(H2,31,38)(H,35,40)(H,36,39)(H4,32,33,34)/t20?,21-,22?/m0/s1. The monoisotopic (exact) mass is 565 g/mol. The molecule has 13 heteroatoms. The van der Waals surface area contributed by atoms with Crippen LogP contribution in [0.1, 0.15) is 29.5 Å². The van der Waals surface area contributed by atoms with Gasteiger partial charge in [0.05, 0.1) is 0 Å². The normalized spacial score (nSPS) is 12.7. The Morgan fingerprint density at radius 3 is 1.95 bits per heavy atom. The highest BCUT2D eigenvalue weighted by Gasteiger charge is 2.33. The summed E-state index contributed by atoms with van der Waals surface area (Å²) in [5.74, 6) is -3.82. The number of nitrogens with one attached hydrogen (secondary N) is 3. The summed E-state index contributed by atoms with van der Waals surface area (Å²) in [5, 5.41) is 12.9. The molecule has 0 fully saturated rings. The van der Waals surface area contributed by atoms with Crippen molar-refractivity contribution in [2.75, 3.05) is 20.6 Å². The maximum atomic E-state index is 13.5. The van der Waals surface area contributed by atoms with Crippen LogP contribution in [-0.4, -0.2) is 73.0 Å². The van der Waals surface area contributed by atoms with Gasteiger partial charge < -0.3 is 38.5 Å². The molecule has 2 aromatic carbocycles. The Balaban J connectivity index is 2.28. The minimum Gasteiger partial charge on any atom is -0.384 e.